The van der Waals surface area contributed by atoms with Crippen LogP contribution in [0.2, 0.25) is 0 Å². The lowest BCUT2D eigenvalue weighted by Crippen LogP contribution is -2.37. The van der Waals surface area contributed by atoms with Gasteiger partial charge in [0.1, 0.15) is 0 Å². The minimum absolute atomic E-state index is 0.259. The van der Waals surface area contributed by atoms with E-state index in [0.29, 0.717) is 5.56 Å². The quantitative estimate of drug-likeness (QED) is 0.899. The number of fused-ring (bicyclic) bond motifs is 1. The molecule has 0 spiro atoms. The summed E-state index contributed by atoms with van der Waals surface area (Å²) < 4.78 is 1.52. The van der Waals surface area contributed by atoms with Crippen molar-refractivity contribution in [3.63, 3.8) is 0 Å². The number of nitrogens with zero attached hydrogens (tertiary/aromatic N) is 1. The van der Waals surface area contributed by atoms with Gasteiger partial charge in [0.2, 0.25) is 0 Å². The lowest BCUT2D eigenvalue weighted by Gasteiger charge is -2.20. The molecule has 2 rings (SSSR count). The first kappa shape index (κ1) is 13.3. The summed E-state index contributed by atoms with van der Waals surface area (Å²) in [5.41, 5.74) is 0.723. The zero-order chi connectivity index (χ0) is 14.4. The lowest BCUT2D eigenvalue weighted by atomic mass is 9.85. The van der Waals surface area contributed by atoms with Crippen LogP contribution >= 0.6 is 0 Å². The summed E-state index contributed by atoms with van der Waals surface area (Å²) in [6, 6.07) is 7.47. The second kappa shape index (κ2) is 4.23. The maximum atomic E-state index is 12.3. The van der Waals surface area contributed by atoms with Gasteiger partial charge < -0.3 is 9.67 Å². The topological polar surface area (TPSA) is 59.3 Å². The van der Waals surface area contributed by atoms with E-state index in [1.54, 1.807) is 27.0 Å². The SMILES string of the molecule is Cc1ccc2cc(C(C)(C)C(=O)O)c(=O)n(C)c2c1. The predicted molar refractivity (Wildman–Crippen MR) is 74.6 cm³/mol. The van der Waals surface area contributed by atoms with E-state index < -0.39 is 11.4 Å². The van der Waals surface area contributed by atoms with E-state index in [9.17, 15) is 14.7 Å². The van der Waals surface area contributed by atoms with Gasteiger partial charge in [-0.2, -0.15) is 0 Å². The van der Waals surface area contributed by atoms with Crippen molar-refractivity contribution in [3.8, 4) is 0 Å². The Hall–Kier alpha value is -2.10. The van der Waals surface area contributed by atoms with Crippen LogP contribution in [0.25, 0.3) is 10.9 Å². The molecule has 19 heavy (non-hydrogen) atoms. The monoisotopic (exact) mass is 259 g/mol. The lowest BCUT2D eigenvalue weighted by molar-refractivity contribution is -0.142. The van der Waals surface area contributed by atoms with Crippen LogP contribution in [-0.4, -0.2) is 15.6 Å². The third-order valence-corrected chi connectivity index (χ3v) is 3.59. The first-order valence-corrected chi connectivity index (χ1v) is 6.09. The Balaban J connectivity index is 2.87. The molecule has 0 aliphatic carbocycles. The predicted octanol–water partition coefficient (Wildman–Crippen LogP) is 2.21. The maximum Gasteiger partial charge on any atom is 0.313 e. The Morgan fingerprint density at radius 1 is 1.26 bits per heavy atom. The van der Waals surface area contributed by atoms with Crippen LogP contribution in [0.3, 0.4) is 0 Å². The molecule has 0 fully saturated rings. The van der Waals surface area contributed by atoms with Crippen LogP contribution in [0.5, 0.6) is 0 Å². The molecule has 0 unspecified atom stereocenters. The molecular weight excluding hydrogens is 242 g/mol. The van der Waals surface area contributed by atoms with E-state index in [1.165, 1.54) is 4.57 Å². The number of pyridine rings is 1. The first-order chi connectivity index (χ1) is 8.75. The van der Waals surface area contributed by atoms with Gasteiger partial charge in [0.25, 0.3) is 5.56 Å². The fourth-order valence-corrected chi connectivity index (χ4v) is 2.14. The molecule has 100 valence electrons. The number of carboxylic acid groups (broad SMARTS) is 1. The smallest absolute Gasteiger partial charge is 0.313 e. The molecule has 1 N–H and O–H groups in total. The molecule has 1 aromatic carbocycles. The van der Waals surface area contributed by atoms with E-state index in [4.69, 9.17) is 0 Å². The Morgan fingerprint density at radius 2 is 1.89 bits per heavy atom. The molecule has 0 aliphatic rings. The van der Waals surface area contributed by atoms with Crippen molar-refractivity contribution in [2.75, 3.05) is 0 Å². The Bertz CT molecular complexity index is 726. The Labute approximate surface area is 111 Å². The van der Waals surface area contributed by atoms with Crippen LogP contribution < -0.4 is 5.56 Å². The van der Waals surface area contributed by atoms with Crippen molar-refractivity contribution in [1.82, 2.24) is 4.57 Å². The average Bonchev–Trinajstić information content (AvgIpc) is 2.34. The van der Waals surface area contributed by atoms with Crippen molar-refractivity contribution in [2.45, 2.75) is 26.2 Å². The van der Waals surface area contributed by atoms with Gasteiger partial charge in [0.15, 0.2) is 0 Å². The van der Waals surface area contributed by atoms with Gasteiger partial charge >= 0.3 is 5.97 Å². The third-order valence-electron chi connectivity index (χ3n) is 3.59. The van der Waals surface area contributed by atoms with Crippen LogP contribution in [0, 0.1) is 6.92 Å². The highest BCUT2D eigenvalue weighted by atomic mass is 16.4. The summed E-state index contributed by atoms with van der Waals surface area (Å²) in [5, 5.41) is 10.2. The van der Waals surface area contributed by atoms with E-state index >= 15 is 0 Å². The minimum Gasteiger partial charge on any atom is -0.481 e. The molecule has 4 heteroatoms. The van der Waals surface area contributed by atoms with E-state index in [2.05, 4.69) is 0 Å². The molecule has 0 atom stereocenters. The van der Waals surface area contributed by atoms with Crippen LogP contribution in [-0.2, 0) is 17.3 Å². The molecule has 2 aromatic rings. The summed E-state index contributed by atoms with van der Waals surface area (Å²) in [4.78, 5) is 23.7. The number of rotatable bonds is 2. The maximum absolute atomic E-state index is 12.3. The number of hydrogen-bond donors (Lipinski definition) is 1. The van der Waals surface area contributed by atoms with Crippen molar-refractivity contribution < 1.29 is 9.90 Å². The number of aromatic nitrogens is 1. The Morgan fingerprint density at radius 3 is 2.47 bits per heavy atom. The number of aryl methyl sites for hydroxylation is 2. The average molecular weight is 259 g/mol. The van der Waals surface area contributed by atoms with E-state index in [0.717, 1.165) is 16.5 Å². The molecule has 1 heterocycles. The molecule has 0 amide bonds. The molecule has 0 aliphatic heterocycles. The molecule has 4 nitrogen and oxygen atoms in total. The van der Waals surface area contributed by atoms with Crippen LogP contribution in [0.1, 0.15) is 25.0 Å². The number of carbonyl (C=O) groups is 1. The van der Waals surface area contributed by atoms with Gasteiger partial charge in [0.05, 0.1) is 10.9 Å². The zero-order valence-corrected chi connectivity index (χ0v) is 11.5. The standard InChI is InChI=1S/C15H17NO3/c1-9-5-6-10-8-11(15(2,3)14(18)19)13(17)16(4)12(10)7-9/h5-8H,1-4H3,(H,18,19). The van der Waals surface area contributed by atoms with Crippen molar-refractivity contribution in [1.29, 1.82) is 0 Å². The van der Waals surface area contributed by atoms with Gasteiger partial charge in [-0.25, -0.2) is 0 Å². The van der Waals surface area contributed by atoms with E-state index in [-0.39, 0.29) is 5.56 Å². The van der Waals surface area contributed by atoms with Crippen molar-refractivity contribution >= 4 is 16.9 Å². The minimum atomic E-state index is -1.20. The van der Waals surface area contributed by atoms with E-state index in [1.807, 2.05) is 25.1 Å². The third kappa shape index (κ3) is 2.03. The van der Waals surface area contributed by atoms with Gasteiger partial charge in [-0.3, -0.25) is 9.59 Å². The number of aliphatic carboxylic acids is 1. The number of benzene rings is 1. The normalized spacial score (nSPS) is 11.8. The highest BCUT2D eigenvalue weighted by Gasteiger charge is 2.32. The largest absolute Gasteiger partial charge is 0.481 e. The molecule has 0 saturated carbocycles. The van der Waals surface area contributed by atoms with Crippen LogP contribution in [0.4, 0.5) is 0 Å². The van der Waals surface area contributed by atoms with Crippen LogP contribution in [0.15, 0.2) is 29.1 Å². The Kier molecular flexibility index (Phi) is 2.97. The molecule has 0 saturated heterocycles. The second-order valence-corrected chi connectivity index (χ2v) is 5.41. The van der Waals surface area contributed by atoms with Gasteiger partial charge in [-0.15, -0.1) is 0 Å². The van der Waals surface area contributed by atoms with Gasteiger partial charge in [0, 0.05) is 12.6 Å². The molecule has 1 aromatic heterocycles. The van der Waals surface area contributed by atoms with Crippen molar-refractivity contribution in [3.05, 3.63) is 45.7 Å². The first-order valence-electron chi connectivity index (χ1n) is 6.09. The summed E-state index contributed by atoms with van der Waals surface area (Å²) in [6.45, 7) is 5.05. The second-order valence-electron chi connectivity index (χ2n) is 5.41. The fraction of sp³-hybridized carbons (Fsp3) is 0.333. The molecular formula is C15H17NO3. The molecule has 0 radical (unpaired) electrons. The summed E-state index contributed by atoms with van der Waals surface area (Å²) in [5.74, 6) is -1.00. The van der Waals surface area contributed by atoms with Crippen molar-refractivity contribution in [2.24, 2.45) is 7.05 Å². The highest BCUT2D eigenvalue weighted by Crippen LogP contribution is 2.24. The van der Waals surface area contributed by atoms with Gasteiger partial charge in [-0.05, 0) is 43.9 Å². The summed E-state index contributed by atoms with van der Waals surface area (Å²) in [7, 11) is 1.67. The number of carboxylic acids is 1. The highest BCUT2D eigenvalue weighted by molar-refractivity contribution is 5.85. The molecule has 0 bridgehead atoms. The summed E-state index contributed by atoms with van der Waals surface area (Å²) >= 11 is 0. The number of hydrogen-bond acceptors (Lipinski definition) is 2. The fourth-order valence-electron chi connectivity index (χ4n) is 2.14. The zero-order valence-electron chi connectivity index (χ0n) is 11.5. The summed E-state index contributed by atoms with van der Waals surface area (Å²) in [6.07, 6.45) is 0. The van der Waals surface area contributed by atoms with Gasteiger partial charge in [-0.1, -0.05) is 12.1 Å².